The van der Waals surface area contributed by atoms with E-state index in [1.165, 1.54) is 4.68 Å². The molecule has 1 atom stereocenters. The summed E-state index contributed by atoms with van der Waals surface area (Å²) in [6, 6.07) is -0.624. The topological polar surface area (TPSA) is 68.0 Å². The molecular weight excluding hydrogens is 170 g/mol. The molecule has 1 aromatic rings. The van der Waals surface area contributed by atoms with Crippen LogP contribution in [0.2, 0.25) is 0 Å². The Morgan fingerprint density at radius 3 is 2.54 bits per heavy atom. The zero-order chi connectivity index (χ0) is 10.0. The zero-order valence-electron chi connectivity index (χ0n) is 7.93. The van der Waals surface area contributed by atoms with Crippen molar-refractivity contribution in [3.05, 3.63) is 11.9 Å². The Labute approximate surface area is 76.4 Å². The van der Waals surface area contributed by atoms with Crippen molar-refractivity contribution >= 4 is 5.97 Å². The van der Waals surface area contributed by atoms with Gasteiger partial charge in [0.2, 0.25) is 0 Å². The highest BCUT2D eigenvalue weighted by Gasteiger charge is 2.24. The van der Waals surface area contributed by atoms with Gasteiger partial charge in [0.15, 0.2) is 6.04 Å². The highest BCUT2D eigenvalue weighted by atomic mass is 16.4. The fourth-order valence-electron chi connectivity index (χ4n) is 1.20. The number of carboxylic acid groups (broad SMARTS) is 1. The van der Waals surface area contributed by atoms with Crippen molar-refractivity contribution in [3.63, 3.8) is 0 Å². The van der Waals surface area contributed by atoms with Crippen LogP contribution in [0.15, 0.2) is 6.20 Å². The second kappa shape index (κ2) is 3.55. The number of rotatable bonds is 3. The maximum atomic E-state index is 10.9. The molecule has 5 heteroatoms. The van der Waals surface area contributed by atoms with Crippen LogP contribution < -0.4 is 0 Å². The molecule has 0 aliphatic rings. The van der Waals surface area contributed by atoms with Gasteiger partial charge in [-0.05, 0) is 12.8 Å². The smallest absolute Gasteiger partial charge is 0.328 e. The third kappa shape index (κ3) is 2.05. The molecule has 0 saturated heterocycles. The fraction of sp³-hybridized carbons (Fsp3) is 0.625. The highest BCUT2D eigenvalue weighted by molar-refractivity contribution is 5.71. The lowest BCUT2D eigenvalue weighted by atomic mass is 10.1. The standard InChI is InChI=1S/C8H13N3O2/c1-5(2)7(8(12)13)11-4-6(3)9-10-11/h4-5,7H,1-3H3,(H,12,13)/t7-/m1/s1. The molecule has 5 nitrogen and oxygen atoms in total. The highest BCUT2D eigenvalue weighted by Crippen LogP contribution is 2.16. The van der Waals surface area contributed by atoms with Gasteiger partial charge < -0.3 is 5.11 Å². The van der Waals surface area contributed by atoms with Gasteiger partial charge in [0, 0.05) is 6.20 Å². The maximum Gasteiger partial charge on any atom is 0.328 e. The number of aryl methyl sites for hydroxylation is 1. The quantitative estimate of drug-likeness (QED) is 0.754. The lowest BCUT2D eigenvalue weighted by Crippen LogP contribution is -2.24. The number of carbonyl (C=O) groups is 1. The summed E-state index contributed by atoms with van der Waals surface area (Å²) in [5.74, 6) is -0.876. The SMILES string of the molecule is Cc1cn([C@@H](C(=O)O)C(C)C)nn1. The van der Waals surface area contributed by atoms with E-state index in [0.29, 0.717) is 0 Å². The second-order valence-electron chi connectivity index (χ2n) is 3.37. The van der Waals surface area contributed by atoms with Gasteiger partial charge in [-0.3, -0.25) is 0 Å². The van der Waals surface area contributed by atoms with Crippen LogP contribution in [0.25, 0.3) is 0 Å². The molecule has 0 fully saturated rings. The summed E-state index contributed by atoms with van der Waals surface area (Å²) in [4.78, 5) is 10.9. The van der Waals surface area contributed by atoms with E-state index < -0.39 is 12.0 Å². The van der Waals surface area contributed by atoms with E-state index >= 15 is 0 Å². The van der Waals surface area contributed by atoms with Crippen molar-refractivity contribution in [2.45, 2.75) is 26.8 Å². The van der Waals surface area contributed by atoms with Gasteiger partial charge in [-0.1, -0.05) is 19.1 Å². The van der Waals surface area contributed by atoms with Crippen molar-refractivity contribution in [1.82, 2.24) is 15.0 Å². The molecule has 0 aromatic carbocycles. The summed E-state index contributed by atoms with van der Waals surface area (Å²) in [5.41, 5.74) is 0.729. The van der Waals surface area contributed by atoms with E-state index in [9.17, 15) is 4.79 Å². The van der Waals surface area contributed by atoms with Crippen molar-refractivity contribution < 1.29 is 9.90 Å². The van der Waals surface area contributed by atoms with E-state index in [2.05, 4.69) is 10.3 Å². The Hall–Kier alpha value is -1.39. The minimum atomic E-state index is -0.875. The van der Waals surface area contributed by atoms with Crippen LogP contribution in [-0.2, 0) is 4.79 Å². The third-order valence-electron chi connectivity index (χ3n) is 1.79. The zero-order valence-corrected chi connectivity index (χ0v) is 7.93. The van der Waals surface area contributed by atoms with Gasteiger partial charge in [-0.2, -0.15) is 0 Å². The van der Waals surface area contributed by atoms with E-state index in [-0.39, 0.29) is 5.92 Å². The second-order valence-corrected chi connectivity index (χ2v) is 3.37. The lowest BCUT2D eigenvalue weighted by molar-refractivity contribution is -0.142. The maximum absolute atomic E-state index is 10.9. The minimum Gasteiger partial charge on any atom is -0.480 e. The van der Waals surface area contributed by atoms with Gasteiger partial charge in [0.1, 0.15) is 0 Å². The molecular formula is C8H13N3O2. The molecule has 1 rings (SSSR count). The van der Waals surface area contributed by atoms with Crippen LogP contribution in [-0.4, -0.2) is 26.1 Å². The molecule has 13 heavy (non-hydrogen) atoms. The molecule has 0 bridgehead atoms. The summed E-state index contributed by atoms with van der Waals surface area (Å²) < 4.78 is 1.39. The third-order valence-corrected chi connectivity index (χ3v) is 1.79. The monoisotopic (exact) mass is 183 g/mol. The first-order chi connectivity index (χ1) is 6.02. The average molecular weight is 183 g/mol. The van der Waals surface area contributed by atoms with Gasteiger partial charge >= 0.3 is 5.97 Å². The number of nitrogens with zero attached hydrogens (tertiary/aromatic N) is 3. The van der Waals surface area contributed by atoms with Crippen molar-refractivity contribution in [2.75, 3.05) is 0 Å². The van der Waals surface area contributed by atoms with E-state index in [1.807, 2.05) is 13.8 Å². The van der Waals surface area contributed by atoms with Crippen LogP contribution in [0.1, 0.15) is 25.6 Å². The molecule has 0 spiro atoms. The molecule has 0 radical (unpaired) electrons. The van der Waals surface area contributed by atoms with Crippen molar-refractivity contribution in [1.29, 1.82) is 0 Å². The molecule has 72 valence electrons. The van der Waals surface area contributed by atoms with E-state index in [0.717, 1.165) is 5.69 Å². The number of aromatic nitrogens is 3. The molecule has 0 amide bonds. The molecule has 1 aromatic heterocycles. The predicted octanol–water partition coefficient (Wildman–Crippen LogP) is 0.868. The van der Waals surface area contributed by atoms with Crippen molar-refractivity contribution in [2.24, 2.45) is 5.92 Å². The van der Waals surface area contributed by atoms with Gasteiger partial charge in [0.25, 0.3) is 0 Å². The largest absolute Gasteiger partial charge is 0.480 e. The molecule has 0 aliphatic carbocycles. The number of hydrogen-bond donors (Lipinski definition) is 1. The molecule has 1 heterocycles. The van der Waals surface area contributed by atoms with Crippen molar-refractivity contribution in [3.8, 4) is 0 Å². The van der Waals surface area contributed by atoms with Crippen LogP contribution in [0.4, 0.5) is 0 Å². The average Bonchev–Trinajstić information content (AvgIpc) is 2.34. The molecule has 1 N–H and O–H groups in total. The first-order valence-electron chi connectivity index (χ1n) is 4.13. The predicted molar refractivity (Wildman–Crippen MR) is 46.3 cm³/mol. The summed E-state index contributed by atoms with van der Waals surface area (Å²) in [6.07, 6.45) is 1.64. The first-order valence-corrected chi connectivity index (χ1v) is 4.13. The first kappa shape index (κ1) is 9.70. The van der Waals surface area contributed by atoms with Crippen LogP contribution in [0.3, 0.4) is 0 Å². The Morgan fingerprint density at radius 2 is 2.23 bits per heavy atom. The summed E-state index contributed by atoms with van der Waals surface area (Å²) in [5, 5.41) is 16.4. The Bertz CT molecular complexity index is 306. The van der Waals surface area contributed by atoms with E-state index in [4.69, 9.17) is 5.11 Å². The molecule has 0 unspecified atom stereocenters. The fourth-order valence-corrected chi connectivity index (χ4v) is 1.20. The van der Waals surface area contributed by atoms with Gasteiger partial charge in [0.05, 0.1) is 5.69 Å². The lowest BCUT2D eigenvalue weighted by Gasteiger charge is -2.15. The van der Waals surface area contributed by atoms with Crippen LogP contribution in [0, 0.1) is 12.8 Å². The normalized spacial score (nSPS) is 13.2. The Morgan fingerprint density at radius 1 is 1.62 bits per heavy atom. The minimum absolute atomic E-state index is 0.00130. The number of carboxylic acids is 1. The molecule has 0 saturated carbocycles. The summed E-state index contributed by atoms with van der Waals surface area (Å²) in [7, 11) is 0. The van der Waals surface area contributed by atoms with Crippen LogP contribution in [0.5, 0.6) is 0 Å². The summed E-state index contributed by atoms with van der Waals surface area (Å²) in [6.45, 7) is 5.47. The van der Waals surface area contributed by atoms with Gasteiger partial charge in [-0.15, -0.1) is 5.10 Å². The summed E-state index contributed by atoms with van der Waals surface area (Å²) >= 11 is 0. The number of aliphatic carboxylic acids is 1. The van der Waals surface area contributed by atoms with E-state index in [1.54, 1.807) is 13.1 Å². The van der Waals surface area contributed by atoms with Gasteiger partial charge in [-0.25, -0.2) is 9.48 Å². The Balaban J connectivity index is 2.95. The number of hydrogen-bond acceptors (Lipinski definition) is 3. The van der Waals surface area contributed by atoms with Crippen LogP contribution >= 0.6 is 0 Å². The Kier molecular flexibility index (Phi) is 2.65. The molecule has 0 aliphatic heterocycles.